The van der Waals surface area contributed by atoms with E-state index in [1.807, 2.05) is 4.90 Å². The summed E-state index contributed by atoms with van der Waals surface area (Å²) in [5, 5.41) is 0. The number of benzene rings is 1. The molecule has 1 heterocycles. The van der Waals surface area contributed by atoms with E-state index >= 15 is 0 Å². The average Bonchev–Trinajstić information content (AvgIpc) is 2.78. The van der Waals surface area contributed by atoms with E-state index in [4.69, 9.17) is 5.73 Å². The van der Waals surface area contributed by atoms with Crippen LogP contribution in [0.1, 0.15) is 32.1 Å². The minimum absolute atomic E-state index is 0.101. The van der Waals surface area contributed by atoms with Crippen LogP contribution in [0.2, 0.25) is 0 Å². The topological polar surface area (TPSA) is 49.6 Å². The molecule has 0 spiro atoms. The van der Waals surface area contributed by atoms with E-state index in [9.17, 15) is 9.18 Å². The fourth-order valence-corrected chi connectivity index (χ4v) is 2.67. The first-order valence-electron chi connectivity index (χ1n) is 7.75. The Hall–Kier alpha value is -1.62. The molecule has 0 saturated carbocycles. The predicted molar refractivity (Wildman–Crippen MR) is 82.9 cm³/mol. The van der Waals surface area contributed by atoms with Gasteiger partial charge < -0.3 is 10.6 Å². The van der Waals surface area contributed by atoms with Crippen molar-refractivity contribution in [2.75, 3.05) is 31.1 Å². The zero-order chi connectivity index (χ0) is 15.1. The summed E-state index contributed by atoms with van der Waals surface area (Å²) < 4.78 is 14.0. The number of hydrogen-bond donors (Lipinski definition) is 1. The molecular weight excluding hydrogens is 269 g/mol. The van der Waals surface area contributed by atoms with E-state index in [1.165, 1.54) is 11.0 Å². The van der Waals surface area contributed by atoms with Gasteiger partial charge in [0.25, 0.3) is 0 Å². The second kappa shape index (κ2) is 7.98. The summed E-state index contributed by atoms with van der Waals surface area (Å²) in [6, 6.07) is 6.33. The molecule has 1 aromatic rings. The van der Waals surface area contributed by atoms with Crippen molar-refractivity contribution in [1.82, 2.24) is 4.90 Å². The number of hydrogen-bond acceptors (Lipinski definition) is 2. The van der Waals surface area contributed by atoms with Gasteiger partial charge in [-0.2, -0.15) is 0 Å². The SMILES string of the molecule is NCCCN(C(=O)N1CCCCCC1)c1ccccc1F. The van der Waals surface area contributed by atoms with Crippen LogP contribution < -0.4 is 10.6 Å². The summed E-state index contributed by atoms with van der Waals surface area (Å²) in [7, 11) is 0. The minimum Gasteiger partial charge on any atom is -0.330 e. The van der Waals surface area contributed by atoms with Crippen LogP contribution in [0.15, 0.2) is 24.3 Å². The molecule has 1 saturated heterocycles. The fraction of sp³-hybridized carbons (Fsp3) is 0.562. The van der Waals surface area contributed by atoms with Crippen molar-refractivity contribution in [3.63, 3.8) is 0 Å². The molecule has 1 aliphatic heterocycles. The number of rotatable bonds is 4. The van der Waals surface area contributed by atoms with Crippen molar-refractivity contribution in [2.24, 2.45) is 5.73 Å². The molecule has 0 aliphatic carbocycles. The number of nitrogens with two attached hydrogens (primary N) is 1. The lowest BCUT2D eigenvalue weighted by Gasteiger charge is -2.30. The second-order valence-electron chi connectivity index (χ2n) is 5.43. The number of carbonyl (C=O) groups is 1. The zero-order valence-corrected chi connectivity index (χ0v) is 12.4. The molecule has 0 atom stereocenters. The van der Waals surface area contributed by atoms with Crippen LogP contribution in [0.4, 0.5) is 14.9 Å². The molecule has 2 N–H and O–H groups in total. The van der Waals surface area contributed by atoms with E-state index in [2.05, 4.69) is 0 Å². The molecule has 1 aliphatic rings. The molecule has 4 nitrogen and oxygen atoms in total. The number of urea groups is 1. The van der Waals surface area contributed by atoms with Gasteiger partial charge in [0.05, 0.1) is 5.69 Å². The first-order chi connectivity index (χ1) is 10.2. The molecule has 1 fully saturated rings. The predicted octanol–water partition coefficient (Wildman–Crippen LogP) is 2.98. The third-order valence-corrected chi connectivity index (χ3v) is 3.84. The summed E-state index contributed by atoms with van der Waals surface area (Å²) in [5.41, 5.74) is 5.90. The number of amides is 2. The molecule has 0 aromatic heterocycles. The van der Waals surface area contributed by atoms with E-state index in [0.29, 0.717) is 25.2 Å². The van der Waals surface area contributed by atoms with Gasteiger partial charge in [0, 0.05) is 19.6 Å². The van der Waals surface area contributed by atoms with Gasteiger partial charge in [-0.15, -0.1) is 0 Å². The van der Waals surface area contributed by atoms with Crippen LogP contribution in [-0.2, 0) is 0 Å². The Morgan fingerprint density at radius 2 is 1.86 bits per heavy atom. The lowest BCUT2D eigenvalue weighted by Crippen LogP contribution is -2.45. The van der Waals surface area contributed by atoms with Gasteiger partial charge in [-0.25, -0.2) is 9.18 Å². The Morgan fingerprint density at radius 1 is 1.19 bits per heavy atom. The van der Waals surface area contributed by atoms with Crippen LogP contribution in [0.25, 0.3) is 0 Å². The third kappa shape index (κ3) is 4.17. The molecule has 1 aromatic carbocycles. The summed E-state index contributed by atoms with van der Waals surface area (Å²) in [6.07, 6.45) is 5.02. The Morgan fingerprint density at radius 3 is 2.48 bits per heavy atom. The van der Waals surface area contributed by atoms with Gasteiger partial charge in [-0.3, -0.25) is 4.90 Å². The molecular formula is C16H24FN3O. The molecule has 0 bridgehead atoms. The summed E-state index contributed by atoms with van der Waals surface area (Å²) >= 11 is 0. The van der Waals surface area contributed by atoms with Gasteiger partial charge in [0.15, 0.2) is 0 Å². The molecule has 116 valence electrons. The maximum Gasteiger partial charge on any atom is 0.324 e. The lowest BCUT2D eigenvalue weighted by atomic mass is 10.2. The zero-order valence-electron chi connectivity index (χ0n) is 12.4. The number of anilines is 1. The van der Waals surface area contributed by atoms with Gasteiger partial charge in [-0.05, 0) is 37.9 Å². The Labute approximate surface area is 125 Å². The molecule has 2 rings (SSSR count). The van der Waals surface area contributed by atoms with Crippen molar-refractivity contribution in [2.45, 2.75) is 32.1 Å². The van der Waals surface area contributed by atoms with Crippen LogP contribution in [0.5, 0.6) is 0 Å². The number of para-hydroxylation sites is 1. The van der Waals surface area contributed by atoms with Crippen LogP contribution in [0, 0.1) is 5.82 Å². The Bertz CT molecular complexity index is 459. The normalized spacial score (nSPS) is 15.6. The van der Waals surface area contributed by atoms with E-state index in [1.54, 1.807) is 18.2 Å². The minimum atomic E-state index is -0.363. The van der Waals surface area contributed by atoms with Crippen molar-refractivity contribution in [3.8, 4) is 0 Å². The van der Waals surface area contributed by atoms with Crippen LogP contribution in [0.3, 0.4) is 0 Å². The Balaban J connectivity index is 2.18. The number of halogens is 1. The molecule has 0 unspecified atom stereocenters. The van der Waals surface area contributed by atoms with Gasteiger partial charge >= 0.3 is 6.03 Å². The standard InChI is InChI=1S/C16H24FN3O/c17-14-8-3-4-9-15(14)20(13-7-10-18)16(21)19-11-5-1-2-6-12-19/h3-4,8-9H,1-2,5-7,10-13,18H2. The first kappa shape index (κ1) is 15.8. The second-order valence-corrected chi connectivity index (χ2v) is 5.43. The summed E-state index contributed by atoms with van der Waals surface area (Å²) in [4.78, 5) is 16.1. The maximum atomic E-state index is 14.0. The van der Waals surface area contributed by atoms with Crippen molar-refractivity contribution >= 4 is 11.7 Å². The fourth-order valence-electron chi connectivity index (χ4n) is 2.67. The third-order valence-electron chi connectivity index (χ3n) is 3.84. The van der Waals surface area contributed by atoms with Gasteiger partial charge in [-0.1, -0.05) is 25.0 Å². The smallest absolute Gasteiger partial charge is 0.324 e. The quantitative estimate of drug-likeness (QED) is 0.928. The maximum absolute atomic E-state index is 14.0. The highest BCUT2D eigenvalue weighted by molar-refractivity contribution is 5.92. The van der Waals surface area contributed by atoms with E-state index in [-0.39, 0.29) is 11.8 Å². The van der Waals surface area contributed by atoms with E-state index < -0.39 is 0 Å². The molecule has 21 heavy (non-hydrogen) atoms. The number of carbonyl (C=O) groups excluding carboxylic acids is 1. The van der Waals surface area contributed by atoms with Crippen molar-refractivity contribution in [3.05, 3.63) is 30.1 Å². The van der Waals surface area contributed by atoms with Crippen LogP contribution in [-0.4, -0.2) is 37.1 Å². The Kier molecular flexibility index (Phi) is 5.99. The number of nitrogens with zero attached hydrogens (tertiary/aromatic N) is 2. The highest BCUT2D eigenvalue weighted by atomic mass is 19.1. The first-order valence-corrected chi connectivity index (χ1v) is 7.75. The average molecular weight is 293 g/mol. The summed E-state index contributed by atoms with van der Waals surface area (Å²) in [6.45, 7) is 2.45. The van der Waals surface area contributed by atoms with Crippen molar-refractivity contribution in [1.29, 1.82) is 0 Å². The molecule has 2 amide bonds. The van der Waals surface area contributed by atoms with Crippen molar-refractivity contribution < 1.29 is 9.18 Å². The lowest BCUT2D eigenvalue weighted by molar-refractivity contribution is 0.206. The van der Waals surface area contributed by atoms with E-state index in [0.717, 1.165) is 38.8 Å². The monoisotopic (exact) mass is 293 g/mol. The van der Waals surface area contributed by atoms with Crippen LogP contribution >= 0.6 is 0 Å². The summed E-state index contributed by atoms with van der Waals surface area (Å²) in [5.74, 6) is -0.363. The van der Waals surface area contributed by atoms with Gasteiger partial charge in [0.1, 0.15) is 5.82 Å². The highest BCUT2D eigenvalue weighted by Gasteiger charge is 2.24. The molecule has 5 heteroatoms. The molecule has 0 radical (unpaired) electrons. The van der Waals surface area contributed by atoms with Gasteiger partial charge in [0.2, 0.25) is 0 Å². The highest BCUT2D eigenvalue weighted by Crippen LogP contribution is 2.22. The largest absolute Gasteiger partial charge is 0.330 e. The number of likely N-dealkylation sites (tertiary alicyclic amines) is 1.